The Morgan fingerprint density at radius 2 is 1.84 bits per heavy atom. The molecule has 0 atom stereocenters. The molecule has 4 nitrogen and oxygen atoms in total. The van der Waals surface area contributed by atoms with Crippen LogP contribution in [0.1, 0.15) is 34.0 Å². The molecule has 132 valence electrons. The molecular formula is C19H19F2NO3. The summed E-state index contributed by atoms with van der Waals surface area (Å²) in [5, 5.41) is 12.2. The van der Waals surface area contributed by atoms with E-state index in [0.29, 0.717) is 23.1 Å². The Morgan fingerprint density at radius 1 is 1.12 bits per heavy atom. The summed E-state index contributed by atoms with van der Waals surface area (Å²) in [4.78, 5) is 24.2. The molecule has 25 heavy (non-hydrogen) atoms. The number of nitrogens with one attached hydrogen (secondary N) is 1. The van der Waals surface area contributed by atoms with Crippen LogP contribution in [-0.4, -0.2) is 23.3 Å². The van der Waals surface area contributed by atoms with Gasteiger partial charge < -0.3 is 10.4 Å². The maximum atomic E-state index is 13.1. The Balaban J connectivity index is 2.01. The van der Waals surface area contributed by atoms with Crippen LogP contribution in [0.15, 0.2) is 30.3 Å². The molecule has 1 amide bonds. The molecule has 2 aromatic carbocycles. The zero-order valence-corrected chi connectivity index (χ0v) is 14.0. The first-order valence-corrected chi connectivity index (χ1v) is 7.88. The number of halogens is 2. The smallest absolute Gasteiger partial charge is 0.224 e. The number of phenols is 1. The number of benzene rings is 2. The molecule has 6 heteroatoms. The SMILES string of the molecule is CCc1c(C(=O)CNC(=O)Cc2ccc(F)c(F)c2)ccc(O)c1C. The highest BCUT2D eigenvalue weighted by Crippen LogP contribution is 2.24. The molecule has 0 aliphatic carbocycles. The van der Waals surface area contributed by atoms with E-state index >= 15 is 0 Å². The van der Waals surface area contributed by atoms with Crippen LogP contribution >= 0.6 is 0 Å². The molecule has 0 spiro atoms. The Bertz CT molecular complexity index is 819. The summed E-state index contributed by atoms with van der Waals surface area (Å²) in [6.45, 7) is 3.40. The van der Waals surface area contributed by atoms with Crippen LogP contribution < -0.4 is 5.32 Å². The van der Waals surface area contributed by atoms with Gasteiger partial charge in [0.2, 0.25) is 5.91 Å². The van der Waals surface area contributed by atoms with Crippen LogP contribution in [0.5, 0.6) is 5.75 Å². The Labute approximate surface area is 144 Å². The lowest BCUT2D eigenvalue weighted by atomic mass is 9.96. The fourth-order valence-corrected chi connectivity index (χ4v) is 2.63. The highest BCUT2D eigenvalue weighted by atomic mass is 19.2. The number of rotatable bonds is 6. The van der Waals surface area contributed by atoms with Crippen molar-refractivity contribution in [2.24, 2.45) is 0 Å². The lowest BCUT2D eigenvalue weighted by Gasteiger charge is -2.12. The Hall–Kier alpha value is -2.76. The van der Waals surface area contributed by atoms with Crippen molar-refractivity contribution in [1.29, 1.82) is 0 Å². The quantitative estimate of drug-likeness (QED) is 0.789. The van der Waals surface area contributed by atoms with Gasteiger partial charge in [-0.2, -0.15) is 0 Å². The van der Waals surface area contributed by atoms with Crippen LogP contribution in [0.25, 0.3) is 0 Å². The van der Waals surface area contributed by atoms with Crippen molar-refractivity contribution < 1.29 is 23.5 Å². The van der Waals surface area contributed by atoms with Crippen LogP contribution in [0.3, 0.4) is 0 Å². The van der Waals surface area contributed by atoms with Crippen molar-refractivity contribution in [2.45, 2.75) is 26.7 Å². The highest BCUT2D eigenvalue weighted by molar-refractivity contribution is 6.01. The van der Waals surface area contributed by atoms with Crippen molar-refractivity contribution >= 4 is 11.7 Å². The maximum Gasteiger partial charge on any atom is 0.224 e. The number of carbonyl (C=O) groups is 2. The average molecular weight is 347 g/mol. The van der Waals surface area contributed by atoms with Gasteiger partial charge >= 0.3 is 0 Å². The van der Waals surface area contributed by atoms with Gasteiger partial charge in [0.1, 0.15) is 5.75 Å². The number of phenolic OH excluding ortho intramolecular Hbond substituents is 1. The van der Waals surface area contributed by atoms with Gasteiger partial charge in [0.05, 0.1) is 13.0 Å². The normalized spacial score (nSPS) is 10.6. The van der Waals surface area contributed by atoms with Crippen LogP contribution in [-0.2, 0) is 17.6 Å². The van der Waals surface area contributed by atoms with E-state index in [1.54, 1.807) is 6.92 Å². The van der Waals surface area contributed by atoms with Crippen LogP contribution in [0.4, 0.5) is 8.78 Å². The minimum atomic E-state index is -1.02. The monoisotopic (exact) mass is 347 g/mol. The molecule has 0 heterocycles. The summed E-state index contributed by atoms with van der Waals surface area (Å²) in [5.41, 5.74) is 2.14. The molecule has 0 radical (unpaired) electrons. The zero-order valence-electron chi connectivity index (χ0n) is 14.0. The number of Topliss-reactive ketones (excluding diaryl/α,β-unsaturated/α-hetero) is 1. The van der Waals surface area contributed by atoms with E-state index in [0.717, 1.165) is 17.7 Å². The van der Waals surface area contributed by atoms with Crippen molar-refractivity contribution in [3.63, 3.8) is 0 Å². The molecule has 2 N–H and O–H groups in total. The predicted molar refractivity (Wildman–Crippen MR) is 89.6 cm³/mol. The molecule has 0 bridgehead atoms. The van der Waals surface area contributed by atoms with Crippen LogP contribution in [0, 0.1) is 18.6 Å². The summed E-state index contributed by atoms with van der Waals surface area (Å²) in [5.74, 6) is -2.62. The molecule has 0 aliphatic rings. The van der Waals surface area contributed by atoms with Gasteiger partial charge in [-0.15, -0.1) is 0 Å². The zero-order chi connectivity index (χ0) is 18.6. The van der Waals surface area contributed by atoms with E-state index in [4.69, 9.17) is 0 Å². The van der Waals surface area contributed by atoms with E-state index in [2.05, 4.69) is 5.32 Å². The number of aromatic hydroxyl groups is 1. The second-order valence-electron chi connectivity index (χ2n) is 5.71. The average Bonchev–Trinajstić information content (AvgIpc) is 2.58. The third-order valence-corrected chi connectivity index (χ3v) is 4.02. The minimum absolute atomic E-state index is 0.121. The fourth-order valence-electron chi connectivity index (χ4n) is 2.63. The van der Waals surface area contributed by atoms with Gasteiger partial charge in [0.15, 0.2) is 17.4 Å². The van der Waals surface area contributed by atoms with E-state index in [-0.39, 0.29) is 24.5 Å². The Kier molecular flexibility index (Phi) is 5.85. The Morgan fingerprint density at radius 3 is 2.48 bits per heavy atom. The molecule has 2 aromatic rings. The van der Waals surface area contributed by atoms with E-state index < -0.39 is 17.5 Å². The van der Waals surface area contributed by atoms with Gasteiger partial charge in [0.25, 0.3) is 0 Å². The first kappa shape index (κ1) is 18.6. The number of hydrogen-bond acceptors (Lipinski definition) is 3. The van der Waals surface area contributed by atoms with Gasteiger partial charge in [-0.1, -0.05) is 13.0 Å². The summed E-state index contributed by atoms with van der Waals surface area (Å²) in [6.07, 6.45) is 0.420. The number of ketones is 1. The molecule has 0 aromatic heterocycles. The molecule has 0 fully saturated rings. The molecule has 0 aliphatic heterocycles. The summed E-state index contributed by atoms with van der Waals surface area (Å²) in [6, 6.07) is 6.21. The standard InChI is InChI=1S/C19H19F2NO3/c1-3-13-11(2)17(23)7-5-14(13)18(24)10-22-19(25)9-12-4-6-15(20)16(21)8-12/h4-8,23H,3,9-10H2,1-2H3,(H,22,25). The molecule has 0 saturated heterocycles. The molecule has 0 saturated carbocycles. The third-order valence-electron chi connectivity index (χ3n) is 4.02. The van der Waals surface area contributed by atoms with Gasteiger partial charge in [-0.05, 0) is 54.3 Å². The second kappa shape index (κ2) is 7.88. The lowest BCUT2D eigenvalue weighted by Crippen LogP contribution is -2.31. The third kappa shape index (κ3) is 4.41. The largest absolute Gasteiger partial charge is 0.508 e. The van der Waals surface area contributed by atoms with Gasteiger partial charge in [-0.25, -0.2) is 8.78 Å². The first-order valence-electron chi connectivity index (χ1n) is 7.88. The number of amides is 1. The van der Waals surface area contributed by atoms with E-state index in [1.165, 1.54) is 18.2 Å². The fraction of sp³-hybridized carbons (Fsp3) is 0.263. The van der Waals surface area contributed by atoms with Crippen LogP contribution in [0.2, 0.25) is 0 Å². The van der Waals surface area contributed by atoms with Crippen molar-refractivity contribution in [3.05, 3.63) is 64.2 Å². The second-order valence-corrected chi connectivity index (χ2v) is 5.71. The molecule has 2 rings (SSSR count). The van der Waals surface area contributed by atoms with E-state index in [9.17, 15) is 23.5 Å². The topological polar surface area (TPSA) is 66.4 Å². The first-order chi connectivity index (χ1) is 11.8. The summed E-state index contributed by atoms with van der Waals surface area (Å²) in [7, 11) is 0. The molecular weight excluding hydrogens is 328 g/mol. The summed E-state index contributed by atoms with van der Waals surface area (Å²) < 4.78 is 26.0. The lowest BCUT2D eigenvalue weighted by molar-refractivity contribution is -0.120. The highest BCUT2D eigenvalue weighted by Gasteiger charge is 2.15. The number of carbonyl (C=O) groups excluding carboxylic acids is 2. The minimum Gasteiger partial charge on any atom is -0.508 e. The molecule has 0 unspecified atom stereocenters. The van der Waals surface area contributed by atoms with Crippen molar-refractivity contribution in [3.8, 4) is 5.75 Å². The maximum absolute atomic E-state index is 13.1. The predicted octanol–water partition coefficient (Wildman–Crippen LogP) is 3.08. The van der Waals surface area contributed by atoms with Gasteiger partial charge in [0, 0.05) is 5.56 Å². The number of hydrogen-bond donors (Lipinski definition) is 2. The summed E-state index contributed by atoms with van der Waals surface area (Å²) >= 11 is 0. The van der Waals surface area contributed by atoms with Crippen molar-refractivity contribution in [1.82, 2.24) is 5.32 Å². The van der Waals surface area contributed by atoms with Gasteiger partial charge in [-0.3, -0.25) is 9.59 Å². The van der Waals surface area contributed by atoms with E-state index in [1.807, 2.05) is 6.92 Å². The van der Waals surface area contributed by atoms with Crippen molar-refractivity contribution in [2.75, 3.05) is 6.54 Å².